The summed E-state index contributed by atoms with van der Waals surface area (Å²) in [4.78, 5) is 0. The second kappa shape index (κ2) is 13.2. The van der Waals surface area contributed by atoms with Gasteiger partial charge in [-0.3, -0.25) is 6.08 Å². The first-order valence-corrected chi connectivity index (χ1v) is 12.3. The minimum atomic E-state index is -1.80. The van der Waals surface area contributed by atoms with Gasteiger partial charge in [0.1, 0.15) is 0 Å². The van der Waals surface area contributed by atoms with Gasteiger partial charge in [0.05, 0.1) is 8.07 Å². The SMILES string of the molecule is C[Si](C1=[C-]CC=C1c1ccccc1)(c1ccccc1)C1CCCCC1.[Cl-].[Cl-].[Cl-].[Ti+4]. The molecule has 0 saturated heterocycles. The normalized spacial score (nSPS) is 17.8. The van der Waals surface area contributed by atoms with Crippen molar-refractivity contribution in [3.05, 3.63) is 83.6 Å². The standard InChI is InChI=1S/C24H27Si.3ClH.Ti/c1-25(21-14-7-3-8-15-21,22-16-9-4-10-17-22)24-19-11-18-23(24)20-12-5-2-6-13-20;;;;/h2-3,5-8,12-15,18,22H,4,9-11,16-17H2,1H3;3*1H;/q-1;;;;+4/p-3. The van der Waals surface area contributed by atoms with Gasteiger partial charge in [-0.1, -0.05) is 105 Å². The number of halogens is 3. The van der Waals surface area contributed by atoms with Crippen LogP contribution < -0.4 is 42.4 Å². The molecule has 2 aromatic rings. The second-order valence-electron chi connectivity index (χ2n) is 7.64. The summed E-state index contributed by atoms with van der Waals surface area (Å²) in [7, 11) is -1.80. The number of allylic oxidation sites excluding steroid dienone is 4. The summed E-state index contributed by atoms with van der Waals surface area (Å²) in [5.41, 5.74) is 3.67. The molecule has 0 nitrogen and oxygen atoms in total. The summed E-state index contributed by atoms with van der Waals surface area (Å²) >= 11 is 0. The summed E-state index contributed by atoms with van der Waals surface area (Å²) in [5, 5.41) is 3.16. The molecule has 0 aliphatic heterocycles. The van der Waals surface area contributed by atoms with Gasteiger partial charge in [-0.2, -0.15) is 11.6 Å². The van der Waals surface area contributed by atoms with Crippen LogP contribution in [0.1, 0.15) is 44.1 Å². The van der Waals surface area contributed by atoms with Gasteiger partial charge in [0, 0.05) is 0 Å². The molecule has 0 N–H and O–H groups in total. The molecule has 0 heterocycles. The molecule has 1 unspecified atom stereocenters. The fourth-order valence-corrected chi connectivity index (χ4v) is 9.74. The Morgan fingerprint density at radius 2 is 1.34 bits per heavy atom. The maximum absolute atomic E-state index is 3.83. The zero-order valence-electron chi connectivity index (χ0n) is 16.8. The van der Waals surface area contributed by atoms with E-state index in [4.69, 9.17) is 0 Å². The molecule has 0 radical (unpaired) electrons. The molecule has 1 atom stereocenters. The van der Waals surface area contributed by atoms with Crippen LogP contribution in [0, 0.1) is 6.08 Å². The van der Waals surface area contributed by atoms with E-state index in [9.17, 15) is 0 Å². The minimum Gasteiger partial charge on any atom is -1.00 e. The Balaban J connectivity index is 0.00000196. The molecule has 4 rings (SSSR count). The zero-order valence-corrected chi connectivity index (χ0v) is 21.6. The van der Waals surface area contributed by atoms with E-state index < -0.39 is 8.07 Å². The van der Waals surface area contributed by atoms with Crippen molar-refractivity contribution in [2.24, 2.45) is 0 Å². The molecule has 1 saturated carbocycles. The Morgan fingerprint density at radius 3 is 1.93 bits per heavy atom. The summed E-state index contributed by atoms with van der Waals surface area (Å²) in [6.07, 6.45) is 14.2. The van der Waals surface area contributed by atoms with Crippen LogP contribution in [0.25, 0.3) is 5.57 Å². The minimum absolute atomic E-state index is 0. The van der Waals surface area contributed by atoms with Crippen molar-refractivity contribution in [3.63, 3.8) is 0 Å². The summed E-state index contributed by atoms with van der Waals surface area (Å²) < 4.78 is 0. The molecule has 2 aromatic carbocycles. The average Bonchev–Trinajstić information content (AvgIpc) is 3.20. The number of benzene rings is 2. The zero-order chi connectivity index (χ0) is 17.1. The van der Waals surface area contributed by atoms with Gasteiger partial charge in [-0.05, 0) is 5.54 Å². The molecule has 29 heavy (non-hydrogen) atoms. The molecular weight excluding hydrogens is 471 g/mol. The third-order valence-electron chi connectivity index (χ3n) is 6.25. The van der Waals surface area contributed by atoms with E-state index in [0.717, 1.165) is 12.0 Å². The number of hydrogen-bond donors (Lipinski definition) is 0. The van der Waals surface area contributed by atoms with Gasteiger partial charge in [0.2, 0.25) is 0 Å². The van der Waals surface area contributed by atoms with Crippen molar-refractivity contribution in [1.29, 1.82) is 0 Å². The molecule has 1 fully saturated rings. The molecule has 2 aliphatic carbocycles. The van der Waals surface area contributed by atoms with E-state index in [1.54, 1.807) is 10.4 Å². The Bertz CT molecular complexity index is 786. The quantitative estimate of drug-likeness (QED) is 0.314. The van der Waals surface area contributed by atoms with Gasteiger partial charge in [-0.15, -0.1) is 12.0 Å². The second-order valence-corrected chi connectivity index (χ2v) is 11.9. The smallest absolute Gasteiger partial charge is 1.00 e. The van der Waals surface area contributed by atoms with Crippen molar-refractivity contribution in [1.82, 2.24) is 0 Å². The summed E-state index contributed by atoms with van der Waals surface area (Å²) in [5.74, 6) is 0. The predicted molar refractivity (Wildman–Crippen MR) is 110 cm³/mol. The van der Waals surface area contributed by atoms with E-state index in [1.807, 2.05) is 0 Å². The molecule has 0 aromatic heterocycles. The largest absolute Gasteiger partial charge is 4.00 e. The van der Waals surface area contributed by atoms with Crippen LogP contribution in [-0.4, -0.2) is 8.07 Å². The van der Waals surface area contributed by atoms with Crippen LogP contribution in [0.2, 0.25) is 12.1 Å². The summed E-state index contributed by atoms with van der Waals surface area (Å²) in [6.45, 7) is 2.61. The van der Waals surface area contributed by atoms with Crippen LogP contribution in [0.4, 0.5) is 0 Å². The van der Waals surface area contributed by atoms with Crippen LogP contribution in [0.5, 0.6) is 0 Å². The van der Waals surface area contributed by atoms with Crippen molar-refractivity contribution >= 4 is 18.8 Å². The molecular formula is C24H27Cl3SiTi. The van der Waals surface area contributed by atoms with Crippen molar-refractivity contribution in [2.45, 2.75) is 50.6 Å². The summed E-state index contributed by atoms with van der Waals surface area (Å²) in [6, 6.07) is 22.3. The molecule has 5 heteroatoms. The fraction of sp³-hybridized carbons (Fsp3) is 0.333. The van der Waals surface area contributed by atoms with E-state index in [-0.39, 0.29) is 58.9 Å². The van der Waals surface area contributed by atoms with Gasteiger partial charge in [0.25, 0.3) is 0 Å². The molecule has 152 valence electrons. The first-order chi connectivity index (χ1) is 12.3. The van der Waals surface area contributed by atoms with Crippen molar-refractivity contribution in [2.75, 3.05) is 0 Å². The van der Waals surface area contributed by atoms with Crippen molar-refractivity contribution in [3.8, 4) is 0 Å². The van der Waals surface area contributed by atoms with Gasteiger partial charge < -0.3 is 37.2 Å². The monoisotopic (exact) mass is 496 g/mol. The average molecular weight is 498 g/mol. The van der Waals surface area contributed by atoms with Gasteiger partial charge in [0.15, 0.2) is 0 Å². The molecule has 0 spiro atoms. The first-order valence-electron chi connectivity index (χ1n) is 9.73. The van der Waals surface area contributed by atoms with E-state index in [0.29, 0.717) is 0 Å². The number of hydrogen-bond acceptors (Lipinski definition) is 0. The topological polar surface area (TPSA) is 0 Å². The van der Waals surface area contributed by atoms with Gasteiger partial charge >= 0.3 is 21.7 Å². The molecule has 0 bridgehead atoms. The predicted octanol–water partition coefficient (Wildman–Crippen LogP) is -2.93. The first kappa shape index (κ1) is 28.7. The Morgan fingerprint density at radius 1 is 0.793 bits per heavy atom. The maximum Gasteiger partial charge on any atom is 4.00 e. The Kier molecular flexibility index (Phi) is 13.1. The van der Waals surface area contributed by atoms with Crippen LogP contribution in [0.3, 0.4) is 0 Å². The van der Waals surface area contributed by atoms with Crippen molar-refractivity contribution < 1.29 is 58.9 Å². The van der Waals surface area contributed by atoms with E-state index >= 15 is 0 Å². The van der Waals surface area contributed by atoms with Crippen LogP contribution in [0.15, 0.2) is 71.9 Å². The third-order valence-corrected chi connectivity index (χ3v) is 11.5. The third kappa shape index (κ3) is 5.91. The molecule has 2 aliphatic rings. The van der Waals surface area contributed by atoms with E-state index in [2.05, 4.69) is 79.4 Å². The Hall–Kier alpha value is -0.279. The fourth-order valence-electron chi connectivity index (χ4n) is 4.84. The van der Waals surface area contributed by atoms with Crippen LogP contribution >= 0.6 is 0 Å². The maximum atomic E-state index is 3.83. The van der Waals surface area contributed by atoms with E-state index in [1.165, 1.54) is 43.2 Å². The Labute approximate surface area is 210 Å². The van der Waals surface area contributed by atoms with Gasteiger partial charge in [-0.25, -0.2) is 5.20 Å². The van der Waals surface area contributed by atoms with Crippen LogP contribution in [-0.2, 0) is 21.7 Å². The molecule has 0 amide bonds. The number of rotatable bonds is 4.